The van der Waals surface area contributed by atoms with Gasteiger partial charge in [-0.1, -0.05) is 0 Å². The maximum Gasteiger partial charge on any atom is 3.00 e. The fourth-order valence-corrected chi connectivity index (χ4v) is 0.408. The van der Waals surface area contributed by atoms with Gasteiger partial charge in [-0.15, -0.1) is 0 Å². The van der Waals surface area contributed by atoms with E-state index in [-0.39, 0.29) is 67.0 Å². The van der Waals surface area contributed by atoms with E-state index in [4.69, 9.17) is 0 Å². The third-order valence-electron chi connectivity index (χ3n) is 1.07. The minimum absolute atomic E-state index is 0. The van der Waals surface area contributed by atoms with Gasteiger partial charge in [0.05, 0.1) is 35.8 Å². The van der Waals surface area contributed by atoms with E-state index in [0.717, 1.165) is 0 Å². The first-order valence-corrected chi connectivity index (χ1v) is 5.18. The van der Waals surface area contributed by atoms with Gasteiger partial charge in [-0.25, -0.2) is 0 Å². The van der Waals surface area contributed by atoms with E-state index in [9.17, 15) is 59.4 Å². The van der Waals surface area contributed by atoms with Crippen molar-refractivity contribution in [2.24, 2.45) is 0 Å². The number of carboxylic acids is 6. The smallest absolute Gasteiger partial charge is 0.545 e. The third-order valence-corrected chi connectivity index (χ3v) is 1.07. The Bertz CT molecular complexity index is 454. The zero-order chi connectivity index (χ0) is 19.7. The molecule has 0 aromatic heterocycles. The number of hydrogen-bond acceptors (Lipinski definition) is 12. The van der Waals surface area contributed by atoms with Gasteiger partial charge in [-0.3, -0.25) is 0 Å². The summed E-state index contributed by atoms with van der Waals surface area (Å²) in [6.07, 6.45) is 2.31. The largest absolute Gasteiger partial charge is 3.00 e. The predicted octanol–water partition coefficient (Wildman–Crippen LogP) is -13.8. The molecule has 32 heavy (non-hydrogen) atoms. The van der Waals surface area contributed by atoms with E-state index < -0.39 is 35.8 Å². The van der Waals surface area contributed by atoms with Gasteiger partial charge < -0.3 is 92.3 Å². The van der Waals surface area contributed by atoms with Crippen molar-refractivity contribution >= 4 is 35.8 Å². The molecule has 12 N–H and O–H groups in total. The number of carbonyl (C=O) groups is 6. The number of hydrogen-bond donors (Lipinski definition) is 0. The minimum Gasteiger partial charge on any atom is -0.545 e. The molecule has 0 saturated heterocycles. The van der Waals surface area contributed by atoms with Gasteiger partial charge in [0.2, 0.25) is 0 Å². The standard InChI is InChI=1S/3C4H4O4.2Fe.6H2O/c3*5-3(6)1-2-4(7)8;;;;;;;;/h3*1-2H,(H,5,6)(H,7,8);;;6*1H2/q;;;2*+3;;;;;;/p-6/b3*2-1+;;;;;;;;. The van der Waals surface area contributed by atoms with Gasteiger partial charge in [-0.05, 0) is 36.5 Å². The first-order chi connectivity index (χ1) is 10.9. The van der Waals surface area contributed by atoms with Crippen molar-refractivity contribution in [1.82, 2.24) is 0 Å². The van der Waals surface area contributed by atoms with E-state index in [1.807, 2.05) is 0 Å². The summed E-state index contributed by atoms with van der Waals surface area (Å²) in [6, 6.07) is 0. The molecule has 0 aliphatic carbocycles. The molecule has 0 aliphatic heterocycles. The van der Waals surface area contributed by atoms with E-state index in [1.165, 1.54) is 0 Å². The molecule has 0 heterocycles. The van der Waals surface area contributed by atoms with Crippen LogP contribution in [0.2, 0.25) is 0 Å². The Morgan fingerprint density at radius 2 is 0.375 bits per heavy atom. The molecule has 20 heteroatoms. The summed E-state index contributed by atoms with van der Waals surface area (Å²) in [4.78, 5) is 56.5. The summed E-state index contributed by atoms with van der Waals surface area (Å²) in [7, 11) is 0. The average Bonchev–Trinajstić information content (AvgIpc) is 2.42. The third kappa shape index (κ3) is 128. The molecule has 0 aromatic carbocycles. The molecule has 0 rings (SSSR count). The van der Waals surface area contributed by atoms with Crippen LogP contribution in [-0.4, -0.2) is 68.7 Å². The molecule has 0 saturated carbocycles. The summed E-state index contributed by atoms with van der Waals surface area (Å²) in [6.45, 7) is 0. The minimum atomic E-state index is -1.55. The van der Waals surface area contributed by atoms with Gasteiger partial charge in [0.15, 0.2) is 0 Å². The van der Waals surface area contributed by atoms with Gasteiger partial charge in [0.1, 0.15) is 0 Å². The van der Waals surface area contributed by atoms with E-state index in [0.29, 0.717) is 36.5 Å². The van der Waals surface area contributed by atoms with Crippen molar-refractivity contribution in [3.05, 3.63) is 36.5 Å². The molecule has 0 spiro atoms. The molecular formula is C12H18Fe2O18. The molecule has 0 bridgehead atoms. The number of carbonyl (C=O) groups excluding carboxylic acids is 6. The predicted molar refractivity (Wildman–Crippen MR) is 79.1 cm³/mol. The summed E-state index contributed by atoms with van der Waals surface area (Å²) < 4.78 is 0. The molecule has 2 radical (unpaired) electrons. The van der Waals surface area contributed by atoms with Crippen LogP contribution in [0, 0.1) is 0 Å². The summed E-state index contributed by atoms with van der Waals surface area (Å²) >= 11 is 0. The molecule has 0 atom stereocenters. The molecule has 0 aromatic rings. The maximum atomic E-state index is 9.41. The Balaban J connectivity index is -0.0000000204. The quantitative estimate of drug-likeness (QED) is 0.215. The Hall–Kier alpha value is -3.16. The van der Waals surface area contributed by atoms with Crippen molar-refractivity contribution in [1.29, 1.82) is 0 Å². The zero-order valence-corrected chi connectivity index (χ0v) is 17.3. The molecule has 190 valence electrons. The maximum absolute atomic E-state index is 9.41. The summed E-state index contributed by atoms with van der Waals surface area (Å²) in [5.41, 5.74) is 0. The van der Waals surface area contributed by atoms with Crippen LogP contribution in [0.3, 0.4) is 0 Å². The second-order valence-corrected chi connectivity index (χ2v) is 2.91. The van der Waals surface area contributed by atoms with E-state index in [2.05, 4.69) is 0 Å². The van der Waals surface area contributed by atoms with Crippen LogP contribution in [-0.2, 0) is 62.9 Å². The second kappa shape index (κ2) is 46.2. The first kappa shape index (κ1) is 70.2. The Kier molecular flexibility index (Phi) is 101. The first-order valence-electron chi connectivity index (χ1n) is 5.18. The van der Waals surface area contributed by atoms with Gasteiger partial charge in [-0.2, -0.15) is 0 Å². The summed E-state index contributed by atoms with van der Waals surface area (Å²) in [5.74, 6) is -9.28. The van der Waals surface area contributed by atoms with Crippen molar-refractivity contribution in [2.45, 2.75) is 0 Å². The van der Waals surface area contributed by atoms with Crippen molar-refractivity contribution in [3.63, 3.8) is 0 Å². The van der Waals surface area contributed by atoms with Crippen LogP contribution < -0.4 is 30.6 Å². The van der Waals surface area contributed by atoms with Crippen LogP contribution in [0.4, 0.5) is 0 Å². The molecule has 0 amide bonds. The van der Waals surface area contributed by atoms with Gasteiger partial charge in [0.25, 0.3) is 0 Å². The van der Waals surface area contributed by atoms with Crippen LogP contribution >= 0.6 is 0 Å². The van der Waals surface area contributed by atoms with Gasteiger partial charge in [0, 0.05) is 0 Å². The fourth-order valence-electron chi connectivity index (χ4n) is 0.408. The molecule has 18 nitrogen and oxygen atoms in total. The zero-order valence-electron chi connectivity index (χ0n) is 15.1. The SMILES string of the molecule is O.O.O.O.O.O.O=C([O-])/C=C/C(=O)[O-].O=C([O-])/C=C/C(=O)[O-].O=C([O-])/C=C/C(=O)[O-].[Fe+3].[Fe+3]. The number of carboxylic acid groups (broad SMARTS) is 6. The topological polar surface area (TPSA) is 430 Å². The molecule has 0 fully saturated rings. The van der Waals surface area contributed by atoms with Gasteiger partial charge >= 0.3 is 34.1 Å². The Morgan fingerprint density at radius 3 is 0.406 bits per heavy atom. The van der Waals surface area contributed by atoms with Crippen molar-refractivity contribution in [2.75, 3.05) is 0 Å². The summed E-state index contributed by atoms with van der Waals surface area (Å²) in [5, 5.41) is 56.5. The Morgan fingerprint density at radius 1 is 0.312 bits per heavy atom. The molecule has 0 aliphatic rings. The van der Waals surface area contributed by atoms with E-state index in [1.54, 1.807) is 0 Å². The monoisotopic (exact) mass is 562 g/mol. The normalized spacial score (nSPS) is 7.12. The Labute approximate surface area is 199 Å². The second-order valence-electron chi connectivity index (χ2n) is 2.91. The number of aliphatic carboxylic acids is 6. The number of rotatable bonds is 6. The van der Waals surface area contributed by atoms with Crippen LogP contribution in [0.25, 0.3) is 0 Å². The van der Waals surface area contributed by atoms with Crippen LogP contribution in [0.15, 0.2) is 36.5 Å². The van der Waals surface area contributed by atoms with Crippen LogP contribution in [0.5, 0.6) is 0 Å². The van der Waals surface area contributed by atoms with Crippen molar-refractivity contribution in [3.8, 4) is 0 Å². The van der Waals surface area contributed by atoms with Crippen LogP contribution in [0.1, 0.15) is 0 Å². The average molecular weight is 562 g/mol. The van der Waals surface area contributed by atoms with E-state index >= 15 is 0 Å². The molecular weight excluding hydrogens is 544 g/mol. The van der Waals surface area contributed by atoms with Crippen molar-refractivity contribution < 1.29 is 126 Å². The molecule has 0 unspecified atom stereocenters. The fraction of sp³-hybridized carbons (Fsp3) is 0.